The predicted molar refractivity (Wildman–Crippen MR) is 110 cm³/mol. The lowest BCUT2D eigenvalue weighted by molar-refractivity contribution is -0.123. The van der Waals surface area contributed by atoms with Crippen LogP contribution in [-0.4, -0.2) is 44.8 Å². The van der Waals surface area contributed by atoms with Crippen LogP contribution >= 0.6 is 15.9 Å². The smallest absolute Gasteiger partial charge is 0.340 e. The van der Waals surface area contributed by atoms with Crippen LogP contribution in [-0.2, 0) is 19.6 Å². The van der Waals surface area contributed by atoms with Gasteiger partial charge in [-0.15, -0.1) is 0 Å². The molecule has 1 unspecified atom stereocenters. The SMILES string of the molecule is Cc1ccc(S(=O)(=O)N(C)C)cc1NC(=O)C(C)OC(=O)c1ccccc1Br. The molecule has 0 heterocycles. The number of amides is 1. The number of nitrogens with one attached hydrogen (secondary N) is 1. The van der Waals surface area contributed by atoms with Gasteiger partial charge in [0.25, 0.3) is 5.91 Å². The molecular formula is C19H21BrN2O5S. The molecule has 0 aliphatic rings. The van der Waals surface area contributed by atoms with Crippen molar-refractivity contribution in [2.24, 2.45) is 0 Å². The van der Waals surface area contributed by atoms with Gasteiger partial charge in [-0.1, -0.05) is 18.2 Å². The summed E-state index contributed by atoms with van der Waals surface area (Å²) in [4.78, 5) is 24.7. The number of carbonyl (C=O) groups excluding carboxylic acids is 2. The Bertz CT molecular complexity index is 1010. The van der Waals surface area contributed by atoms with Crippen molar-refractivity contribution in [2.45, 2.75) is 24.8 Å². The van der Waals surface area contributed by atoms with Crippen molar-refractivity contribution in [2.75, 3.05) is 19.4 Å². The Morgan fingerprint density at radius 2 is 1.79 bits per heavy atom. The van der Waals surface area contributed by atoms with Crippen molar-refractivity contribution in [3.63, 3.8) is 0 Å². The lowest BCUT2D eigenvalue weighted by atomic mass is 10.2. The number of benzene rings is 2. The molecule has 2 aromatic carbocycles. The summed E-state index contributed by atoms with van der Waals surface area (Å²) in [6.07, 6.45) is -1.08. The van der Waals surface area contributed by atoms with Crippen LogP contribution in [0.15, 0.2) is 51.8 Å². The first-order valence-electron chi connectivity index (χ1n) is 8.33. The number of nitrogens with zero attached hydrogens (tertiary/aromatic N) is 1. The summed E-state index contributed by atoms with van der Waals surface area (Å²) >= 11 is 3.26. The fourth-order valence-electron chi connectivity index (χ4n) is 2.25. The van der Waals surface area contributed by atoms with Crippen LogP contribution in [0.4, 0.5) is 5.69 Å². The van der Waals surface area contributed by atoms with E-state index in [1.807, 2.05) is 0 Å². The van der Waals surface area contributed by atoms with E-state index < -0.39 is 28.0 Å². The van der Waals surface area contributed by atoms with Crippen LogP contribution in [0.25, 0.3) is 0 Å². The quantitative estimate of drug-likeness (QED) is 0.657. The van der Waals surface area contributed by atoms with Crippen LogP contribution in [0.3, 0.4) is 0 Å². The molecule has 1 amide bonds. The highest BCUT2D eigenvalue weighted by Crippen LogP contribution is 2.23. The molecule has 0 aliphatic carbocycles. The van der Waals surface area contributed by atoms with Gasteiger partial charge >= 0.3 is 5.97 Å². The number of rotatable bonds is 6. The van der Waals surface area contributed by atoms with Crippen molar-refractivity contribution in [3.05, 3.63) is 58.1 Å². The molecule has 0 aromatic heterocycles. The van der Waals surface area contributed by atoms with E-state index in [1.165, 1.54) is 33.2 Å². The molecule has 2 rings (SSSR count). The van der Waals surface area contributed by atoms with Gasteiger partial charge in [-0.3, -0.25) is 4.79 Å². The summed E-state index contributed by atoms with van der Waals surface area (Å²) in [5.74, 6) is -1.21. The standard InChI is InChI=1S/C19H21BrN2O5S/c1-12-9-10-14(28(25,26)22(3)4)11-17(12)21-18(23)13(2)27-19(24)15-7-5-6-8-16(15)20/h5-11,13H,1-4H3,(H,21,23). The zero-order chi connectivity index (χ0) is 21.1. The first kappa shape index (κ1) is 22.1. The number of hydrogen-bond donors (Lipinski definition) is 1. The molecule has 28 heavy (non-hydrogen) atoms. The summed E-state index contributed by atoms with van der Waals surface area (Å²) in [6, 6.07) is 11.2. The number of halogens is 1. The van der Waals surface area contributed by atoms with Crippen LogP contribution < -0.4 is 5.32 Å². The number of carbonyl (C=O) groups is 2. The Balaban J connectivity index is 2.16. The Hall–Kier alpha value is -2.23. The summed E-state index contributed by atoms with van der Waals surface area (Å²) in [5, 5.41) is 2.62. The van der Waals surface area contributed by atoms with Gasteiger partial charge < -0.3 is 10.1 Å². The highest BCUT2D eigenvalue weighted by molar-refractivity contribution is 9.10. The lowest BCUT2D eigenvalue weighted by Crippen LogP contribution is -2.30. The molecule has 0 bridgehead atoms. The first-order chi connectivity index (χ1) is 13.0. The third-order valence-corrected chi connectivity index (χ3v) is 6.49. The highest BCUT2D eigenvalue weighted by atomic mass is 79.9. The summed E-state index contributed by atoms with van der Waals surface area (Å²) in [6.45, 7) is 3.18. The lowest BCUT2D eigenvalue weighted by Gasteiger charge is -2.17. The Kier molecular flexibility index (Phi) is 6.97. The van der Waals surface area contributed by atoms with Gasteiger partial charge in [0.2, 0.25) is 10.0 Å². The number of esters is 1. The van der Waals surface area contributed by atoms with Gasteiger partial charge in [0.1, 0.15) is 0 Å². The van der Waals surface area contributed by atoms with E-state index >= 15 is 0 Å². The minimum absolute atomic E-state index is 0.0521. The van der Waals surface area contributed by atoms with Crippen molar-refractivity contribution in [1.82, 2.24) is 4.31 Å². The van der Waals surface area contributed by atoms with Crippen LogP contribution in [0.2, 0.25) is 0 Å². The number of ether oxygens (including phenoxy) is 1. The molecule has 1 atom stereocenters. The van der Waals surface area contributed by atoms with E-state index in [1.54, 1.807) is 37.3 Å². The van der Waals surface area contributed by atoms with E-state index in [0.29, 0.717) is 21.3 Å². The van der Waals surface area contributed by atoms with Gasteiger partial charge in [-0.25, -0.2) is 17.5 Å². The highest BCUT2D eigenvalue weighted by Gasteiger charge is 2.22. The summed E-state index contributed by atoms with van der Waals surface area (Å²) in [7, 11) is -0.786. The molecule has 0 fully saturated rings. The third kappa shape index (κ3) is 4.98. The average Bonchev–Trinajstić information content (AvgIpc) is 2.63. The molecule has 0 saturated carbocycles. The van der Waals surface area contributed by atoms with Gasteiger partial charge in [0.05, 0.1) is 10.5 Å². The molecule has 9 heteroatoms. The summed E-state index contributed by atoms with van der Waals surface area (Å²) in [5.41, 5.74) is 1.31. The number of sulfonamides is 1. The monoisotopic (exact) mass is 468 g/mol. The number of anilines is 1. The maximum atomic E-state index is 12.5. The van der Waals surface area contributed by atoms with Crippen molar-refractivity contribution >= 4 is 43.5 Å². The second kappa shape index (κ2) is 8.85. The second-order valence-corrected chi connectivity index (χ2v) is 9.29. The molecule has 7 nitrogen and oxygen atoms in total. The molecule has 0 spiro atoms. The van der Waals surface area contributed by atoms with Gasteiger partial charge in [-0.05, 0) is 59.6 Å². The van der Waals surface area contributed by atoms with Gasteiger partial charge in [-0.2, -0.15) is 0 Å². The topological polar surface area (TPSA) is 92.8 Å². The Labute approximate surface area is 172 Å². The van der Waals surface area contributed by atoms with E-state index in [2.05, 4.69) is 21.2 Å². The molecular weight excluding hydrogens is 448 g/mol. The van der Waals surface area contributed by atoms with Crippen molar-refractivity contribution in [1.29, 1.82) is 0 Å². The van der Waals surface area contributed by atoms with Crippen LogP contribution in [0.5, 0.6) is 0 Å². The number of aryl methyl sites for hydroxylation is 1. The Morgan fingerprint density at radius 1 is 1.14 bits per heavy atom. The van der Waals surface area contributed by atoms with E-state index in [-0.39, 0.29) is 4.90 Å². The van der Waals surface area contributed by atoms with E-state index in [4.69, 9.17) is 4.74 Å². The van der Waals surface area contributed by atoms with Crippen LogP contribution in [0.1, 0.15) is 22.8 Å². The molecule has 1 N–H and O–H groups in total. The molecule has 150 valence electrons. The van der Waals surface area contributed by atoms with Gasteiger partial charge in [0.15, 0.2) is 6.10 Å². The minimum atomic E-state index is -3.64. The van der Waals surface area contributed by atoms with Crippen molar-refractivity contribution in [3.8, 4) is 0 Å². The molecule has 2 aromatic rings. The largest absolute Gasteiger partial charge is 0.449 e. The van der Waals surface area contributed by atoms with Gasteiger partial charge in [0, 0.05) is 24.3 Å². The van der Waals surface area contributed by atoms with Crippen LogP contribution in [0, 0.1) is 6.92 Å². The van der Waals surface area contributed by atoms with Crippen molar-refractivity contribution < 1.29 is 22.7 Å². The zero-order valence-electron chi connectivity index (χ0n) is 15.9. The number of hydrogen-bond acceptors (Lipinski definition) is 5. The fraction of sp³-hybridized carbons (Fsp3) is 0.263. The first-order valence-corrected chi connectivity index (χ1v) is 10.6. The van der Waals surface area contributed by atoms with E-state index in [0.717, 1.165) is 4.31 Å². The fourth-order valence-corrected chi connectivity index (χ4v) is 3.62. The maximum Gasteiger partial charge on any atom is 0.340 e. The molecule has 0 radical (unpaired) electrons. The Morgan fingerprint density at radius 3 is 2.39 bits per heavy atom. The maximum absolute atomic E-state index is 12.5. The molecule has 0 saturated heterocycles. The minimum Gasteiger partial charge on any atom is -0.449 e. The third-order valence-electron chi connectivity index (χ3n) is 3.99. The zero-order valence-corrected chi connectivity index (χ0v) is 18.3. The second-order valence-electron chi connectivity index (χ2n) is 6.28. The normalized spacial score (nSPS) is 12.5. The predicted octanol–water partition coefficient (Wildman–Crippen LogP) is 3.19. The summed E-state index contributed by atoms with van der Waals surface area (Å²) < 4.78 is 31.4. The van der Waals surface area contributed by atoms with E-state index in [9.17, 15) is 18.0 Å². The average molecular weight is 469 g/mol. The molecule has 0 aliphatic heterocycles.